The molecule has 2 aromatic heterocycles. The number of likely N-dealkylation sites (tertiary alicyclic amines) is 1. The van der Waals surface area contributed by atoms with Gasteiger partial charge in [-0.05, 0) is 37.5 Å². The van der Waals surface area contributed by atoms with Crippen molar-refractivity contribution in [3.05, 3.63) is 89.8 Å². The largest absolute Gasteiger partial charge is 0.496 e. The van der Waals surface area contributed by atoms with Gasteiger partial charge in [0.05, 0.1) is 18.8 Å². The van der Waals surface area contributed by atoms with Crippen molar-refractivity contribution in [1.82, 2.24) is 14.9 Å². The molecule has 0 saturated carbocycles. The normalized spacial score (nSPS) is 16.3. The molecular weight excluding hydrogens is 402 g/mol. The van der Waals surface area contributed by atoms with E-state index in [1.54, 1.807) is 19.4 Å². The fourth-order valence-electron chi connectivity index (χ4n) is 4.36. The number of ether oxygens (including phenoxy) is 1. The van der Waals surface area contributed by atoms with E-state index in [-0.39, 0.29) is 11.9 Å². The van der Waals surface area contributed by atoms with Crippen LogP contribution in [0.3, 0.4) is 0 Å². The Balaban J connectivity index is 1.39. The van der Waals surface area contributed by atoms with Crippen LogP contribution < -0.4 is 4.74 Å². The molecule has 5 rings (SSSR count). The molecule has 1 unspecified atom stereocenters. The van der Waals surface area contributed by atoms with Gasteiger partial charge in [0.1, 0.15) is 23.2 Å². The smallest absolute Gasteiger partial charge is 0.273 e. The minimum Gasteiger partial charge on any atom is -0.496 e. The lowest BCUT2D eigenvalue weighted by Crippen LogP contribution is -2.39. The molecule has 1 aliphatic heterocycles. The fraction of sp³-hybridized carbons (Fsp3) is 0.269. The third kappa shape index (κ3) is 3.96. The zero-order valence-electron chi connectivity index (χ0n) is 18.0. The average Bonchev–Trinajstić information content (AvgIpc) is 3.32. The van der Waals surface area contributed by atoms with E-state index in [1.165, 1.54) is 0 Å². The molecule has 0 N–H and O–H groups in total. The van der Waals surface area contributed by atoms with Gasteiger partial charge in [0, 0.05) is 23.9 Å². The van der Waals surface area contributed by atoms with Gasteiger partial charge < -0.3 is 14.1 Å². The number of piperidine rings is 1. The van der Waals surface area contributed by atoms with Gasteiger partial charge in [0.2, 0.25) is 5.89 Å². The minimum absolute atomic E-state index is 0.0788. The van der Waals surface area contributed by atoms with Crippen molar-refractivity contribution in [2.75, 3.05) is 13.7 Å². The molecule has 6 heteroatoms. The van der Waals surface area contributed by atoms with Crippen LogP contribution in [0.15, 0.2) is 71.3 Å². The maximum Gasteiger partial charge on any atom is 0.273 e. The number of hydrogen-bond acceptors (Lipinski definition) is 5. The summed E-state index contributed by atoms with van der Waals surface area (Å²) < 4.78 is 11.6. The molecule has 0 bridgehead atoms. The molecule has 6 nitrogen and oxygen atoms in total. The van der Waals surface area contributed by atoms with Gasteiger partial charge in [-0.25, -0.2) is 9.97 Å². The Bertz CT molecular complexity index is 1250. The lowest BCUT2D eigenvalue weighted by molar-refractivity contribution is 0.0564. The number of para-hydroxylation sites is 2. The third-order valence-corrected chi connectivity index (χ3v) is 5.99. The topological polar surface area (TPSA) is 68.5 Å². The molecule has 1 saturated heterocycles. The van der Waals surface area contributed by atoms with Crippen LogP contribution >= 0.6 is 0 Å². The zero-order chi connectivity index (χ0) is 21.9. The Hall–Kier alpha value is -3.67. The number of fused-ring (bicyclic) bond motifs is 1. The maximum atomic E-state index is 13.4. The molecule has 2 aromatic carbocycles. The standard InChI is InChI=1S/C26H25N3O3/c1-31-24-12-5-3-9-19(24)16-20-17-27-25(32-20)23-11-6-7-15-29(23)26(30)22-14-13-18-8-2-4-10-21(18)28-22/h2-5,8-10,12-14,17,23H,6-7,11,15-16H2,1H3. The summed E-state index contributed by atoms with van der Waals surface area (Å²) >= 11 is 0. The van der Waals surface area contributed by atoms with E-state index in [4.69, 9.17) is 9.15 Å². The van der Waals surface area contributed by atoms with Gasteiger partial charge in [-0.1, -0.05) is 42.5 Å². The van der Waals surface area contributed by atoms with Crippen LogP contribution in [-0.2, 0) is 6.42 Å². The summed E-state index contributed by atoms with van der Waals surface area (Å²) in [6.45, 7) is 0.669. The number of benzene rings is 2. The lowest BCUT2D eigenvalue weighted by Gasteiger charge is -2.33. The van der Waals surface area contributed by atoms with Crippen LogP contribution in [0.4, 0.5) is 0 Å². The Morgan fingerprint density at radius 1 is 1.09 bits per heavy atom. The quantitative estimate of drug-likeness (QED) is 0.438. The number of methoxy groups -OCH3 is 1. The molecule has 32 heavy (non-hydrogen) atoms. The monoisotopic (exact) mass is 427 g/mol. The van der Waals surface area contributed by atoms with Crippen molar-refractivity contribution < 1.29 is 13.9 Å². The van der Waals surface area contributed by atoms with Gasteiger partial charge in [-0.2, -0.15) is 0 Å². The number of oxazole rings is 1. The van der Waals surface area contributed by atoms with E-state index in [2.05, 4.69) is 9.97 Å². The Morgan fingerprint density at radius 2 is 1.94 bits per heavy atom. The molecule has 3 heterocycles. The zero-order valence-corrected chi connectivity index (χ0v) is 18.0. The van der Waals surface area contributed by atoms with Crippen LogP contribution in [0, 0.1) is 0 Å². The van der Waals surface area contributed by atoms with Crippen molar-refractivity contribution in [3.63, 3.8) is 0 Å². The summed E-state index contributed by atoms with van der Waals surface area (Å²) in [4.78, 5) is 24.4. The molecule has 1 fully saturated rings. The number of rotatable bonds is 5. The number of carbonyl (C=O) groups excluding carboxylic acids is 1. The number of amides is 1. The van der Waals surface area contributed by atoms with Crippen LogP contribution in [0.2, 0.25) is 0 Å². The predicted octanol–water partition coefficient (Wildman–Crippen LogP) is 5.19. The third-order valence-electron chi connectivity index (χ3n) is 5.99. The highest BCUT2D eigenvalue weighted by Crippen LogP contribution is 2.32. The summed E-state index contributed by atoms with van der Waals surface area (Å²) in [5.74, 6) is 2.09. The number of carbonyl (C=O) groups is 1. The SMILES string of the molecule is COc1ccccc1Cc1cnc(C2CCCCN2C(=O)c2ccc3ccccc3n2)o1. The Kier molecular flexibility index (Phi) is 5.58. The van der Waals surface area contributed by atoms with Gasteiger partial charge >= 0.3 is 0 Å². The second kappa shape index (κ2) is 8.83. The first-order valence-corrected chi connectivity index (χ1v) is 11.0. The van der Waals surface area contributed by atoms with Crippen LogP contribution in [0.1, 0.15) is 53.0 Å². The number of aromatic nitrogens is 2. The summed E-state index contributed by atoms with van der Waals surface area (Å²) in [6, 6.07) is 19.3. The summed E-state index contributed by atoms with van der Waals surface area (Å²) in [5, 5.41) is 1.02. The molecular formula is C26H25N3O3. The van der Waals surface area contributed by atoms with Crippen LogP contribution in [-0.4, -0.2) is 34.4 Å². The maximum absolute atomic E-state index is 13.4. The van der Waals surface area contributed by atoms with E-state index >= 15 is 0 Å². The van der Waals surface area contributed by atoms with Crippen molar-refractivity contribution in [1.29, 1.82) is 0 Å². The molecule has 0 spiro atoms. The molecule has 162 valence electrons. The lowest BCUT2D eigenvalue weighted by atomic mass is 10.0. The van der Waals surface area contributed by atoms with Crippen molar-refractivity contribution in [2.45, 2.75) is 31.7 Å². The highest BCUT2D eigenvalue weighted by molar-refractivity contribution is 5.95. The second-order valence-corrected chi connectivity index (χ2v) is 8.05. The highest BCUT2D eigenvalue weighted by atomic mass is 16.5. The van der Waals surface area contributed by atoms with Crippen molar-refractivity contribution in [3.8, 4) is 5.75 Å². The van der Waals surface area contributed by atoms with E-state index in [0.717, 1.165) is 47.2 Å². The summed E-state index contributed by atoms with van der Waals surface area (Å²) in [7, 11) is 1.66. The second-order valence-electron chi connectivity index (χ2n) is 8.05. The summed E-state index contributed by atoms with van der Waals surface area (Å²) in [5.41, 5.74) is 2.31. The van der Waals surface area contributed by atoms with Gasteiger partial charge in [0.15, 0.2) is 0 Å². The first-order chi connectivity index (χ1) is 15.7. The average molecular weight is 428 g/mol. The first kappa shape index (κ1) is 20.2. The van der Waals surface area contributed by atoms with Gasteiger partial charge in [-0.15, -0.1) is 0 Å². The highest BCUT2D eigenvalue weighted by Gasteiger charge is 2.32. The molecule has 1 aliphatic rings. The first-order valence-electron chi connectivity index (χ1n) is 11.0. The number of pyridine rings is 1. The number of hydrogen-bond donors (Lipinski definition) is 0. The molecule has 1 amide bonds. The minimum atomic E-state index is -0.184. The predicted molar refractivity (Wildman–Crippen MR) is 122 cm³/mol. The molecule has 0 aliphatic carbocycles. The summed E-state index contributed by atoms with van der Waals surface area (Å²) in [6.07, 6.45) is 5.17. The van der Waals surface area contributed by atoms with Crippen molar-refractivity contribution >= 4 is 16.8 Å². The van der Waals surface area contributed by atoms with Gasteiger partial charge in [-0.3, -0.25) is 4.79 Å². The van der Waals surface area contributed by atoms with E-state index in [9.17, 15) is 4.79 Å². The molecule has 0 radical (unpaired) electrons. The van der Waals surface area contributed by atoms with Crippen molar-refractivity contribution in [2.24, 2.45) is 0 Å². The van der Waals surface area contributed by atoms with Crippen LogP contribution in [0.5, 0.6) is 5.75 Å². The van der Waals surface area contributed by atoms with E-state index in [1.807, 2.05) is 59.5 Å². The van der Waals surface area contributed by atoms with Gasteiger partial charge in [0.25, 0.3) is 5.91 Å². The van der Waals surface area contributed by atoms with E-state index < -0.39 is 0 Å². The Labute approximate surface area is 186 Å². The fourth-order valence-corrected chi connectivity index (χ4v) is 4.36. The van der Waals surface area contributed by atoms with E-state index in [0.29, 0.717) is 24.6 Å². The van der Waals surface area contributed by atoms with Crippen LogP contribution in [0.25, 0.3) is 10.9 Å². The molecule has 4 aromatic rings. The molecule has 1 atom stereocenters. The number of nitrogens with zero attached hydrogens (tertiary/aromatic N) is 3. The Morgan fingerprint density at radius 3 is 2.84 bits per heavy atom.